The van der Waals surface area contributed by atoms with Crippen LogP contribution in [-0.2, 0) is 9.53 Å². The van der Waals surface area contributed by atoms with Crippen LogP contribution in [-0.4, -0.2) is 11.6 Å². The summed E-state index contributed by atoms with van der Waals surface area (Å²) in [6.45, 7) is 10.6. The molecule has 0 bridgehead atoms. The second-order valence-electron chi connectivity index (χ2n) is 6.39. The second kappa shape index (κ2) is 3.61. The van der Waals surface area contributed by atoms with Gasteiger partial charge < -0.3 is 4.74 Å². The molecular formula is C16H24O2. The van der Waals surface area contributed by atoms with Crippen LogP contribution in [0.3, 0.4) is 0 Å². The molecule has 4 unspecified atom stereocenters. The van der Waals surface area contributed by atoms with Crippen molar-refractivity contribution < 1.29 is 9.53 Å². The summed E-state index contributed by atoms with van der Waals surface area (Å²) < 4.78 is 5.95. The van der Waals surface area contributed by atoms with Crippen LogP contribution in [0.25, 0.3) is 0 Å². The molecule has 0 spiro atoms. The number of ether oxygens (including phenoxy) is 1. The maximum absolute atomic E-state index is 12.4. The third-order valence-electron chi connectivity index (χ3n) is 6.31. The second-order valence-corrected chi connectivity index (χ2v) is 6.39. The van der Waals surface area contributed by atoms with Crippen LogP contribution in [0.2, 0.25) is 0 Å². The summed E-state index contributed by atoms with van der Waals surface area (Å²) in [6.07, 6.45) is 6.19. The lowest BCUT2D eigenvalue weighted by atomic mass is 9.44. The molecule has 6 atom stereocenters. The topological polar surface area (TPSA) is 26.3 Å². The fourth-order valence-corrected chi connectivity index (χ4v) is 5.54. The Morgan fingerprint density at radius 1 is 1.39 bits per heavy atom. The van der Waals surface area contributed by atoms with E-state index in [9.17, 15) is 4.79 Å². The van der Waals surface area contributed by atoms with Crippen LogP contribution in [0.15, 0.2) is 12.7 Å². The highest BCUT2D eigenvalue weighted by molar-refractivity contribution is 5.83. The number of hydrogen-bond donors (Lipinski definition) is 0. The zero-order valence-electron chi connectivity index (χ0n) is 11.7. The monoisotopic (exact) mass is 248 g/mol. The largest absolute Gasteiger partial charge is 0.458 e. The molecule has 2 heteroatoms. The highest BCUT2D eigenvalue weighted by Crippen LogP contribution is 2.75. The van der Waals surface area contributed by atoms with Crippen molar-refractivity contribution in [2.45, 2.75) is 52.1 Å². The standard InChI is InChI=1S/C16H24O2/c1-5-10-9-15(7-3)13-12(10)11(6-2)16(13,8-4)14(17)18-15/h6,10-13H,2,5,7-9H2,1,3-4H3/t10?,11?,12?,13?,15-,16+/m1/s1. The highest BCUT2D eigenvalue weighted by atomic mass is 16.6. The van der Waals surface area contributed by atoms with Crippen LogP contribution in [0, 0.1) is 29.1 Å². The van der Waals surface area contributed by atoms with Crippen LogP contribution in [0.4, 0.5) is 0 Å². The molecule has 1 heterocycles. The lowest BCUT2D eigenvalue weighted by molar-refractivity contribution is -0.163. The fourth-order valence-electron chi connectivity index (χ4n) is 5.54. The lowest BCUT2D eigenvalue weighted by Gasteiger charge is -2.55. The third kappa shape index (κ3) is 1.01. The van der Waals surface area contributed by atoms with E-state index in [0.29, 0.717) is 23.7 Å². The van der Waals surface area contributed by atoms with Crippen LogP contribution in [0.1, 0.15) is 46.5 Å². The summed E-state index contributed by atoms with van der Waals surface area (Å²) in [5.41, 5.74) is -0.371. The molecule has 18 heavy (non-hydrogen) atoms. The number of hydrogen-bond acceptors (Lipinski definition) is 2. The Hall–Kier alpha value is -0.790. The van der Waals surface area contributed by atoms with Crippen molar-refractivity contribution >= 4 is 5.97 Å². The first-order valence-electron chi connectivity index (χ1n) is 7.47. The predicted molar refractivity (Wildman–Crippen MR) is 70.9 cm³/mol. The third-order valence-corrected chi connectivity index (χ3v) is 6.31. The quantitative estimate of drug-likeness (QED) is 0.561. The highest BCUT2D eigenvalue weighted by Gasteiger charge is 2.80. The molecule has 100 valence electrons. The van der Waals surface area contributed by atoms with Gasteiger partial charge >= 0.3 is 5.97 Å². The molecule has 3 rings (SSSR count). The van der Waals surface area contributed by atoms with Crippen LogP contribution >= 0.6 is 0 Å². The first-order chi connectivity index (χ1) is 8.61. The van der Waals surface area contributed by atoms with E-state index in [1.165, 1.54) is 6.42 Å². The van der Waals surface area contributed by atoms with Gasteiger partial charge in [-0.3, -0.25) is 4.79 Å². The SMILES string of the molecule is C=CC1C2C(CC)C[C@@]3(CC)OC(=O)[C@]1(CC)C23. The molecule has 0 aromatic heterocycles. The average Bonchev–Trinajstić information content (AvgIpc) is 2.73. The molecule has 0 radical (unpaired) electrons. The van der Waals surface area contributed by atoms with Gasteiger partial charge in [-0.1, -0.05) is 33.3 Å². The summed E-state index contributed by atoms with van der Waals surface area (Å²) in [6, 6.07) is 0. The van der Waals surface area contributed by atoms with E-state index >= 15 is 0 Å². The first kappa shape index (κ1) is 12.3. The number of allylic oxidation sites excluding steroid dienone is 1. The number of esters is 1. The van der Waals surface area contributed by atoms with Crippen molar-refractivity contribution in [1.82, 2.24) is 0 Å². The normalized spacial score (nSPS) is 52.7. The van der Waals surface area contributed by atoms with E-state index < -0.39 is 0 Å². The van der Waals surface area contributed by atoms with E-state index in [1.807, 2.05) is 6.08 Å². The molecule has 0 aromatic rings. The van der Waals surface area contributed by atoms with Crippen LogP contribution < -0.4 is 0 Å². The first-order valence-corrected chi connectivity index (χ1v) is 7.47. The van der Waals surface area contributed by atoms with Gasteiger partial charge in [-0.05, 0) is 37.0 Å². The molecule has 3 aliphatic rings. The minimum Gasteiger partial charge on any atom is -0.458 e. The average molecular weight is 248 g/mol. The molecule has 2 aliphatic carbocycles. The number of carbonyl (C=O) groups is 1. The molecule has 0 amide bonds. The van der Waals surface area contributed by atoms with Gasteiger partial charge in [-0.15, -0.1) is 6.58 Å². The Labute approximate surface area is 110 Å². The zero-order valence-corrected chi connectivity index (χ0v) is 11.7. The smallest absolute Gasteiger partial charge is 0.313 e. The van der Waals surface area contributed by atoms with Gasteiger partial charge in [0.2, 0.25) is 0 Å². The maximum Gasteiger partial charge on any atom is 0.313 e. The van der Waals surface area contributed by atoms with Crippen molar-refractivity contribution in [2.24, 2.45) is 29.1 Å². The molecule has 0 aromatic carbocycles. The minimum absolute atomic E-state index is 0.0625. The van der Waals surface area contributed by atoms with Gasteiger partial charge in [0.05, 0.1) is 5.41 Å². The van der Waals surface area contributed by atoms with E-state index in [-0.39, 0.29) is 17.0 Å². The van der Waals surface area contributed by atoms with Gasteiger partial charge in [0.25, 0.3) is 0 Å². The minimum atomic E-state index is -0.230. The van der Waals surface area contributed by atoms with Crippen molar-refractivity contribution in [1.29, 1.82) is 0 Å². The van der Waals surface area contributed by atoms with Gasteiger partial charge in [0.1, 0.15) is 5.60 Å². The lowest BCUT2D eigenvalue weighted by Crippen LogP contribution is -2.58. The Morgan fingerprint density at radius 2 is 2.11 bits per heavy atom. The van der Waals surface area contributed by atoms with Crippen molar-refractivity contribution in [3.8, 4) is 0 Å². The van der Waals surface area contributed by atoms with Gasteiger partial charge in [-0.2, -0.15) is 0 Å². The predicted octanol–water partition coefficient (Wildman–Crippen LogP) is 3.57. The van der Waals surface area contributed by atoms with Gasteiger partial charge in [0, 0.05) is 5.92 Å². The van der Waals surface area contributed by atoms with E-state index in [1.54, 1.807) is 0 Å². The van der Waals surface area contributed by atoms with Crippen LogP contribution in [0.5, 0.6) is 0 Å². The summed E-state index contributed by atoms with van der Waals surface area (Å²) >= 11 is 0. The Balaban J connectivity index is 2.08. The molecule has 2 nitrogen and oxygen atoms in total. The Kier molecular flexibility index (Phi) is 2.46. The number of rotatable bonds is 4. The molecule has 3 fully saturated rings. The summed E-state index contributed by atoms with van der Waals surface area (Å²) in [7, 11) is 0. The molecule has 0 N–H and O–H groups in total. The zero-order chi connectivity index (χ0) is 13.1. The summed E-state index contributed by atoms with van der Waals surface area (Å²) in [4.78, 5) is 12.4. The molecule has 2 saturated carbocycles. The summed E-state index contributed by atoms with van der Waals surface area (Å²) in [5.74, 6) is 2.22. The van der Waals surface area contributed by atoms with Crippen molar-refractivity contribution in [3.63, 3.8) is 0 Å². The van der Waals surface area contributed by atoms with Crippen molar-refractivity contribution in [3.05, 3.63) is 12.7 Å². The summed E-state index contributed by atoms with van der Waals surface area (Å²) in [5, 5.41) is 0. The number of carbonyl (C=O) groups excluding carboxylic acids is 1. The Bertz CT molecular complexity index is 402. The van der Waals surface area contributed by atoms with E-state index in [2.05, 4.69) is 27.4 Å². The molecular weight excluding hydrogens is 224 g/mol. The Morgan fingerprint density at radius 3 is 2.61 bits per heavy atom. The van der Waals surface area contributed by atoms with E-state index in [0.717, 1.165) is 19.3 Å². The van der Waals surface area contributed by atoms with Crippen molar-refractivity contribution in [2.75, 3.05) is 0 Å². The molecule has 1 aliphatic heterocycles. The van der Waals surface area contributed by atoms with E-state index in [4.69, 9.17) is 4.74 Å². The maximum atomic E-state index is 12.4. The fraction of sp³-hybridized carbons (Fsp3) is 0.812. The van der Waals surface area contributed by atoms with Gasteiger partial charge in [-0.25, -0.2) is 0 Å². The van der Waals surface area contributed by atoms with Gasteiger partial charge in [0.15, 0.2) is 0 Å². The molecule has 1 saturated heterocycles.